The number of ether oxygens (including phenoxy) is 6. The zero-order chi connectivity index (χ0) is 44.9. The van der Waals surface area contributed by atoms with Crippen molar-refractivity contribution in [2.75, 3.05) is 31.9 Å². The van der Waals surface area contributed by atoms with E-state index in [1.165, 1.54) is 17.6 Å². The molecule has 0 atom stereocenters. The topological polar surface area (TPSA) is 161 Å². The van der Waals surface area contributed by atoms with Crippen LogP contribution in [0.3, 0.4) is 0 Å². The second-order valence-corrected chi connectivity index (χ2v) is 15.3. The van der Waals surface area contributed by atoms with Crippen molar-refractivity contribution in [1.29, 1.82) is 0 Å². The fourth-order valence-corrected chi connectivity index (χ4v) is 7.17. The van der Waals surface area contributed by atoms with Crippen LogP contribution in [0.1, 0.15) is 77.6 Å². The van der Waals surface area contributed by atoms with Gasteiger partial charge in [0, 0.05) is 28.5 Å². The van der Waals surface area contributed by atoms with Gasteiger partial charge in [0.05, 0.1) is 54.0 Å². The summed E-state index contributed by atoms with van der Waals surface area (Å²) in [5, 5.41) is 6.06. The molecule has 0 saturated heterocycles. The molecule has 0 saturated carbocycles. The Morgan fingerprint density at radius 1 is 0.609 bits per heavy atom. The number of thiazole rings is 1. The monoisotopic (exact) mass is 883 g/mol. The summed E-state index contributed by atoms with van der Waals surface area (Å²) in [4.78, 5) is 54.2. The Balaban J connectivity index is 1.12. The molecule has 0 aliphatic heterocycles. The summed E-state index contributed by atoms with van der Waals surface area (Å²) in [6.07, 6.45) is 10.6. The predicted octanol–water partition coefficient (Wildman–Crippen LogP) is 10.7. The van der Waals surface area contributed by atoms with Gasteiger partial charge in [0.15, 0.2) is 0 Å². The summed E-state index contributed by atoms with van der Waals surface area (Å²) >= 11 is 1.44. The number of carbonyl (C=O) groups is 4. The number of carbonyl (C=O) groups excluding carboxylic acids is 4. The molecule has 1 aromatic heterocycles. The third-order valence-corrected chi connectivity index (χ3v) is 10.6. The first-order valence-electron chi connectivity index (χ1n) is 21.0. The number of fused-ring (bicyclic) bond motifs is 2. The lowest BCUT2D eigenvalue weighted by molar-refractivity contribution is -0.138. The number of benzene rings is 5. The molecule has 0 aliphatic rings. The summed E-state index contributed by atoms with van der Waals surface area (Å²) in [5.74, 6) is -0.367. The molecule has 0 unspecified atom stereocenters. The van der Waals surface area contributed by atoms with Gasteiger partial charge >= 0.3 is 23.9 Å². The minimum absolute atomic E-state index is 0.215. The van der Waals surface area contributed by atoms with Gasteiger partial charge in [0.25, 0.3) is 0 Å². The first-order valence-corrected chi connectivity index (χ1v) is 21.8. The standard InChI is InChI=1S/C50H49N3O10S/c1-3-45(54)60-31-15-7-5-13-29-58-38-25-21-35(22-26-38)48(56)62-43-33-37(34-51-53-50-52-42-19-11-12-20-44(42)64-50)47(41-18-10-9-17-40(41)43)63-49(57)36-23-27-39(28-24-36)59-30-14-6-8-16-32-61-46(55)4-2/h3-4,9-12,17-28,33-34H,1-2,5-8,13-16,29-32H2,(H,52,53)/b51-34+. The van der Waals surface area contributed by atoms with Gasteiger partial charge < -0.3 is 28.4 Å². The Labute approximate surface area is 375 Å². The van der Waals surface area contributed by atoms with E-state index in [2.05, 4.69) is 28.7 Å². The molecular weight excluding hydrogens is 835 g/mol. The van der Waals surface area contributed by atoms with E-state index in [-0.39, 0.29) is 11.5 Å². The fourth-order valence-electron chi connectivity index (χ4n) is 6.35. The largest absolute Gasteiger partial charge is 0.494 e. The lowest BCUT2D eigenvalue weighted by Crippen LogP contribution is -2.12. The van der Waals surface area contributed by atoms with Gasteiger partial charge in [-0.25, -0.2) is 24.2 Å². The average Bonchev–Trinajstić information content (AvgIpc) is 3.74. The van der Waals surface area contributed by atoms with Crippen molar-refractivity contribution in [3.05, 3.63) is 145 Å². The van der Waals surface area contributed by atoms with Crippen LogP contribution in [-0.2, 0) is 19.1 Å². The molecule has 0 bridgehead atoms. The van der Waals surface area contributed by atoms with E-state index in [9.17, 15) is 19.2 Å². The summed E-state index contributed by atoms with van der Waals surface area (Å²) in [5.41, 5.74) is 4.78. The van der Waals surface area contributed by atoms with Gasteiger partial charge in [-0.15, -0.1) is 0 Å². The van der Waals surface area contributed by atoms with E-state index in [1.807, 2.05) is 24.3 Å². The molecule has 0 spiro atoms. The Kier molecular flexibility index (Phi) is 17.6. The molecule has 64 heavy (non-hydrogen) atoms. The molecule has 13 nitrogen and oxygen atoms in total. The lowest BCUT2D eigenvalue weighted by Gasteiger charge is -2.15. The van der Waals surface area contributed by atoms with Crippen LogP contribution in [0.2, 0.25) is 0 Å². The Morgan fingerprint density at radius 3 is 1.69 bits per heavy atom. The summed E-state index contributed by atoms with van der Waals surface area (Å²) < 4.78 is 34.9. The van der Waals surface area contributed by atoms with E-state index in [1.54, 1.807) is 78.9 Å². The van der Waals surface area contributed by atoms with Crippen molar-refractivity contribution in [2.24, 2.45) is 5.10 Å². The van der Waals surface area contributed by atoms with Crippen LogP contribution in [0.4, 0.5) is 5.13 Å². The second-order valence-electron chi connectivity index (χ2n) is 14.3. The molecule has 6 rings (SSSR count). The van der Waals surface area contributed by atoms with E-state index < -0.39 is 23.9 Å². The molecule has 5 aromatic carbocycles. The highest BCUT2D eigenvalue weighted by atomic mass is 32.1. The van der Waals surface area contributed by atoms with Gasteiger partial charge in [0.2, 0.25) is 5.13 Å². The number of hydrogen-bond donors (Lipinski definition) is 1. The van der Waals surface area contributed by atoms with Crippen LogP contribution in [0, 0.1) is 0 Å². The van der Waals surface area contributed by atoms with Crippen molar-refractivity contribution in [2.45, 2.75) is 51.4 Å². The predicted molar refractivity (Wildman–Crippen MR) is 248 cm³/mol. The van der Waals surface area contributed by atoms with Crippen LogP contribution in [0.5, 0.6) is 23.0 Å². The molecule has 0 aliphatic carbocycles. The van der Waals surface area contributed by atoms with E-state index in [4.69, 9.17) is 28.4 Å². The van der Waals surface area contributed by atoms with Crippen molar-refractivity contribution >= 4 is 67.5 Å². The summed E-state index contributed by atoms with van der Waals surface area (Å²) in [6.45, 7) is 8.50. The number of esters is 4. The van der Waals surface area contributed by atoms with Crippen LogP contribution >= 0.6 is 11.3 Å². The average molecular weight is 884 g/mol. The molecule has 1 heterocycles. The van der Waals surface area contributed by atoms with Gasteiger partial charge in [-0.2, -0.15) is 5.10 Å². The number of anilines is 1. The van der Waals surface area contributed by atoms with Crippen LogP contribution in [0.25, 0.3) is 21.0 Å². The molecule has 0 amide bonds. The van der Waals surface area contributed by atoms with Crippen molar-refractivity contribution in [3.8, 4) is 23.0 Å². The molecule has 330 valence electrons. The molecule has 1 N–H and O–H groups in total. The van der Waals surface area contributed by atoms with Gasteiger partial charge in [-0.1, -0.05) is 60.9 Å². The molecule has 6 aromatic rings. The molecule has 0 radical (unpaired) electrons. The quantitative estimate of drug-likeness (QED) is 0.0145. The number of hydrogen-bond acceptors (Lipinski definition) is 14. The van der Waals surface area contributed by atoms with Crippen LogP contribution < -0.4 is 24.4 Å². The highest BCUT2D eigenvalue weighted by molar-refractivity contribution is 7.22. The molecule has 14 heteroatoms. The number of nitrogens with zero attached hydrogens (tertiary/aromatic N) is 2. The van der Waals surface area contributed by atoms with Crippen molar-refractivity contribution in [3.63, 3.8) is 0 Å². The summed E-state index contributed by atoms with van der Waals surface area (Å²) in [7, 11) is 0. The minimum atomic E-state index is -0.610. The zero-order valence-corrected chi connectivity index (χ0v) is 36.1. The van der Waals surface area contributed by atoms with Crippen molar-refractivity contribution in [1.82, 2.24) is 4.98 Å². The van der Waals surface area contributed by atoms with Crippen molar-refractivity contribution < 1.29 is 47.6 Å². The number of aromatic nitrogens is 1. The van der Waals surface area contributed by atoms with Gasteiger partial charge in [-0.05, 0) is 118 Å². The van der Waals surface area contributed by atoms with E-state index in [0.717, 1.165) is 73.7 Å². The molecule has 0 fully saturated rings. The zero-order valence-electron chi connectivity index (χ0n) is 35.3. The SMILES string of the molecule is C=CC(=O)OCCCCCCOc1ccc(C(=O)Oc2cc(/C=N/Nc3nc4ccccc4s3)c(OC(=O)c3ccc(OCCCCCCOC(=O)C=C)cc3)c3ccccc23)cc1. The maximum absolute atomic E-state index is 13.7. The highest BCUT2D eigenvalue weighted by Gasteiger charge is 2.20. The maximum Gasteiger partial charge on any atom is 0.343 e. The number of hydrazone groups is 1. The van der Waals surface area contributed by atoms with Crippen LogP contribution in [0.15, 0.2) is 134 Å². The molecular formula is C50H49N3O10S. The first kappa shape index (κ1) is 46.2. The number of unbranched alkanes of at least 4 members (excludes halogenated alkanes) is 6. The second kappa shape index (κ2) is 24.4. The Morgan fingerprint density at radius 2 is 1.12 bits per heavy atom. The number of nitrogens with one attached hydrogen (secondary N) is 1. The minimum Gasteiger partial charge on any atom is -0.494 e. The Hall–Kier alpha value is -7.32. The lowest BCUT2D eigenvalue weighted by atomic mass is 10.0. The van der Waals surface area contributed by atoms with E-state index in [0.29, 0.717) is 70.5 Å². The van der Waals surface area contributed by atoms with E-state index >= 15 is 0 Å². The third-order valence-electron chi connectivity index (χ3n) is 9.66. The first-order chi connectivity index (χ1) is 31.3. The number of para-hydroxylation sites is 1. The third kappa shape index (κ3) is 13.8. The maximum atomic E-state index is 13.7. The van der Waals surface area contributed by atoms with Gasteiger partial charge in [-0.3, -0.25) is 5.43 Å². The number of rotatable bonds is 25. The highest BCUT2D eigenvalue weighted by Crippen LogP contribution is 2.37. The normalized spacial score (nSPS) is 10.9. The Bertz CT molecular complexity index is 2540. The van der Waals surface area contributed by atoms with Gasteiger partial charge in [0.1, 0.15) is 23.0 Å². The summed E-state index contributed by atoms with van der Waals surface area (Å²) in [6, 6.07) is 29.9. The smallest absolute Gasteiger partial charge is 0.343 e. The fraction of sp³-hybridized carbons (Fsp3) is 0.240. The van der Waals surface area contributed by atoms with Crippen LogP contribution in [-0.4, -0.2) is 61.5 Å².